The van der Waals surface area contributed by atoms with Crippen LogP contribution in [0.25, 0.3) is 0 Å². The van der Waals surface area contributed by atoms with Gasteiger partial charge in [-0.3, -0.25) is 4.79 Å². The number of carbonyl (C=O) groups excluding carboxylic acids is 1. The second-order valence-electron chi connectivity index (χ2n) is 3.36. The van der Waals surface area contributed by atoms with Crippen molar-refractivity contribution in [3.63, 3.8) is 0 Å². The van der Waals surface area contributed by atoms with Gasteiger partial charge in [0.1, 0.15) is 0 Å². The Hall–Kier alpha value is -0.750. The van der Waals surface area contributed by atoms with Crippen LogP contribution in [0.15, 0.2) is 29.2 Å². The van der Waals surface area contributed by atoms with Crippen molar-refractivity contribution in [3.05, 3.63) is 29.3 Å². The minimum Gasteiger partial charge on any atom is -0.394 e. The monoisotopic (exact) mass is 275 g/mol. The molecular formula is C11H14ClNO3S. The van der Waals surface area contributed by atoms with Crippen LogP contribution < -0.4 is 5.32 Å². The number of carbonyl (C=O) groups is 1. The van der Waals surface area contributed by atoms with Crippen LogP contribution in [0.4, 0.5) is 0 Å². The Balaban J connectivity index is 2.31. The van der Waals surface area contributed by atoms with Gasteiger partial charge >= 0.3 is 0 Å². The van der Waals surface area contributed by atoms with E-state index in [1.807, 2.05) is 18.2 Å². The van der Waals surface area contributed by atoms with Crippen molar-refractivity contribution < 1.29 is 15.0 Å². The van der Waals surface area contributed by atoms with Gasteiger partial charge in [0.15, 0.2) is 0 Å². The molecule has 0 aliphatic rings. The third-order valence-electron chi connectivity index (χ3n) is 1.94. The number of hydrogen-bond acceptors (Lipinski definition) is 4. The molecule has 94 valence electrons. The minimum atomic E-state index is -0.913. The molecule has 1 aromatic carbocycles. The lowest BCUT2D eigenvalue weighted by atomic mass is 10.4. The van der Waals surface area contributed by atoms with Crippen molar-refractivity contribution in [1.29, 1.82) is 0 Å². The molecule has 0 saturated heterocycles. The molecule has 0 bridgehead atoms. The first-order valence-corrected chi connectivity index (χ1v) is 6.42. The molecule has 0 saturated carbocycles. The van der Waals surface area contributed by atoms with E-state index in [9.17, 15) is 4.79 Å². The zero-order chi connectivity index (χ0) is 12.7. The molecule has 0 heterocycles. The van der Waals surface area contributed by atoms with Crippen LogP contribution in [-0.2, 0) is 4.79 Å². The fraction of sp³-hybridized carbons (Fsp3) is 0.364. The first-order valence-electron chi connectivity index (χ1n) is 5.06. The highest BCUT2D eigenvalue weighted by molar-refractivity contribution is 8.00. The summed E-state index contributed by atoms with van der Waals surface area (Å²) >= 11 is 7.26. The van der Waals surface area contributed by atoms with E-state index < -0.39 is 6.10 Å². The Bertz CT molecular complexity index is 375. The Kier molecular flexibility index (Phi) is 6.36. The van der Waals surface area contributed by atoms with Crippen LogP contribution >= 0.6 is 23.4 Å². The maximum atomic E-state index is 11.4. The van der Waals surface area contributed by atoms with Gasteiger partial charge < -0.3 is 15.5 Å². The highest BCUT2D eigenvalue weighted by Gasteiger charge is 2.07. The predicted molar refractivity (Wildman–Crippen MR) is 68.3 cm³/mol. The Morgan fingerprint density at radius 2 is 2.18 bits per heavy atom. The third-order valence-corrected chi connectivity index (χ3v) is 3.46. The van der Waals surface area contributed by atoms with Crippen LogP contribution in [0.2, 0.25) is 5.02 Å². The number of amides is 1. The summed E-state index contributed by atoms with van der Waals surface area (Å²) in [6.45, 7) is -0.309. The van der Waals surface area contributed by atoms with Crippen molar-refractivity contribution >= 4 is 29.3 Å². The average molecular weight is 276 g/mol. The van der Waals surface area contributed by atoms with Crippen molar-refractivity contribution in [2.75, 3.05) is 18.9 Å². The maximum Gasteiger partial charge on any atom is 0.230 e. The summed E-state index contributed by atoms with van der Waals surface area (Å²) in [5, 5.41) is 20.7. The molecule has 1 unspecified atom stereocenters. The lowest BCUT2D eigenvalue weighted by Crippen LogP contribution is -2.34. The topological polar surface area (TPSA) is 69.6 Å². The van der Waals surface area contributed by atoms with Crippen molar-refractivity contribution in [1.82, 2.24) is 5.32 Å². The summed E-state index contributed by atoms with van der Waals surface area (Å²) in [5.41, 5.74) is 0. The molecule has 1 atom stereocenters. The smallest absolute Gasteiger partial charge is 0.230 e. The molecule has 0 aliphatic heterocycles. The number of nitrogens with one attached hydrogen (secondary N) is 1. The highest BCUT2D eigenvalue weighted by Crippen LogP contribution is 2.26. The molecule has 0 radical (unpaired) electrons. The SMILES string of the molecule is O=C(CSc1ccccc1Cl)NCC(O)CO. The molecule has 1 amide bonds. The lowest BCUT2D eigenvalue weighted by Gasteiger charge is -2.09. The van der Waals surface area contributed by atoms with E-state index in [0.29, 0.717) is 5.02 Å². The molecular weight excluding hydrogens is 262 g/mol. The minimum absolute atomic E-state index is 0.0540. The molecule has 4 nitrogen and oxygen atoms in total. The Morgan fingerprint density at radius 3 is 2.82 bits per heavy atom. The molecule has 0 spiro atoms. The quantitative estimate of drug-likeness (QED) is 0.675. The van der Waals surface area contributed by atoms with Crippen LogP contribution in [0.5, 0.6) is 0 Å². The average Bonchev–Trinajstić information content (AvgIpc) is 2.35. The van der Waals surface area contributed by atoms with Crippen molar-refractivity contribution in [2.45, 2.75) is 11.0 Å². The van der Waals surface area contributed by atoms with Gasteiger partial charge in [-0.1, -0.05) is 23.7 Å². The Morgan fingerprint density at radius 1 is 1.47 bits per heavy atom. The number of halogens is 1. The Labute approximate surface area is 109 Å². The van der Waals surface area contributed by atoms with E-state index in [0.717, 1.165) is 4.90 Å². The van der Waals surface area contributed by atoms with Gasteiger partial charge in [-0.25, -0.2) is 0 Å². The molecule has 0 fully saturated rings. The van der Waals surface area contributed by atoms with Crippen LogP contribution in [0.3, 0.4) is 0 Å². The summed E-state index contributed by atoms with van der Waals surface area (Å²) < 4.78 is 0. The standard InChI is InChI=1S/C11H14ClNO3S/c12-9-3-1-2-4-10(9)17-7-11(16)13-5-8(15)6-14/h1-4,8,14-15H,5-7H2,(H,13,16). The van der Waals surface area contributed by atoms with E-state index in [4.69, 9.17) is 21.8 Å². The summed E-state index contributed by atoms with van der Waals surface area (Å²) in [6.07, 6.45) is -0.913. The van der Waals surface area contributed by atoms with Crippen LogP contribution in [0, 0.1) is 0 Å². The fourth-order valence-corrected chi connectivity index (χ4v) is 2.12. The van der Waals surface area contributed by atoms with Gasteiger partial charge in [-0.05, 0) is 12.1 Å². The molecule has 3 N–H and O–H groups in total. The first kappa shape index (κ1) is 14.3. The van der Waals surface area contributed by atoms with Gasteiger partial charge in [0.05, 0.1) is 23.5 Å². The van der Waals surface area contributed by atoms with E-state index >= 15 is 0 Å². The second-order valence-corrected chi connectivity index (χ2v) is 4.78. The van der Waals surface area contributed by atoms with E-state index in [-0.39, 0.29) is 24.8 Å². The molecule has 0 aliphatic carbocycles. The van der Waals surface area contributed by atoms with Gasteiger partial charge in [0.25, 0.3) is 0 Å². The van der Waals surface area contributed by atoms with Gasteiger partial charge in [-0.15, -0.1) is 11.8 Å². The zero-order valence-electron chi connectivity index (χ0n) is 9.10. The van der Waals surface area contributed by atoms with Crippen molar-refractivity contribution in [3.8, 4) is 0 Å². The number of benzene rings is 1. The first-order chi connectivity index (χ1) is 8.13. The normalized spacial score (nSPS) is 12.2. The summed E-state index contributed by atoms with van der Waals surface area (Å²) in [4.78, 5) is 12.2. The van der Waals surface area contributed by atoms with Crippen LogP contribution in [0.1, 0.15) is 0 Å². The third kappa shape index (κ3) is 5.41. The molecule has 1 rings (SSSR count). The predicted octanol–water partition coefficient (Wildman–Crippen LogP) is 0.901. The van der Waals surface area contributed by atoms with Gasteiger partial charge in [-0.2, -0.15) is 0 Å². The van der Waals surface area contributed by atoms with Crippen LogP contribution in [-0.4, -0.2) is 41.1 Å². The van der Waals surface area contributed by atoms with E-state index in [1.54, 1.807) is 6.07 Å². The molecule has 17 heavy (non-hydrogen) atoms. The number of hydrogen-bond donors (Lipinski definition) is 3. The van der Waals surface area contributed by atoms with E-state index in [1.165, 1.54) is 11.8 Å². The van der Waals surface area contributed by atoms with Gasteiger partial charge in [0, 0.05) is 11.4 Å². The van der Waals surface area contributed by atoms with E-state index in [2.05, 4.69) is 5.32 Å². The zero-order valence-corrected chi connectivity index (χ0v) is 10.7. The number of aliphatic hydroxyl groups is 2. The molecule has 6 heteroatoms. The second kappa shape index (κ2) is 7.55. The number of rotatable bonds is 6. The van der Waals surface area contributed by atoms with Gasteiger partial charge in [0.2, 0.25) is 5.91 Å². The number of aliphatic hydroxyl groups excluding tert-OH is 2. The lowest BCUT2D eigenvalue weighted by molar-refractivity contribution is -0.119. The van der Waals surface area contributed by atoms with Crippen molar-refractivity contribution in [2.24, 2.45) is 0 Å². The fourth-order valence-electron chi connectivity index (χ4n) is 1.05. The molecule has 1 aromatic rings. The summed E-state index contributed by atoms with van der Waals surface area (Å²) in [5.74, 6) is 0.0180. The largest absolute Gasteiger partial charge is 0.394 e. The highest BCUT2D eigenvalue weighted by atomic mass is 35.5. The molecule has 0 aromatic heterocycles. The number of thioether (sulfide) groups is 1. The summed E-state index contributed by atoms with van der Waals surface area (Å²) in [7, 11) is 0. The maximum absolute atomic E-state index is 11.4. The summed E-state index contributed by atoms with van der Waals surface area (Å²) in [6, 6.07) is 7.27.